The molecule has 100 valence electrons. The molecule has 0 aromatic heterocycles. The monoisotopic (exact) mass is 293 g/mol. The molecular formula is C12H14Cl2FNO2. The van der Waals surface area contributed by atoms with E-state index < -0.39 is 23.4 Å². The number of hydrogen-bond donors (Lipinski definition) is 1. The molecule has 1 atom stereocenters. The van der Waals surface area contributed by atoms with Crippen LogP contribution in [0.25, 0.3) is 0 Å². The van der Waals surface area contributed by atoms with Gasteiger partial charge in [0, 0.05) is 16.0 Å². The van der Waals surface area contributed by atoms with Crippen LogP contribution in [0.4, 0.5) is 9.18 Å². The van der Waals surface area contributed by atoms with Crippen LogP contribution in [0.1, 0.15) is 25.5 Å². The Hall–Kier alpha value is -1.000. The van der Waals surface area contributed by atoms with Gasteiger partial charge in [-0.05, 0) is 12.1 Å². The molecule has 6 heteroatoms. The molecule has 1 amide bonds. The van der Waals surface area contributed by atoms with Gasteiger partial charge in [-0.1, -0.05) is 31.5 Å². The number of rotatable bonds is 1. The van der Waals surface area contributed by atoms with E-state index in [9.17, 15) is 9.18 Å². The highest BCUT2D eigenvalue weighted by Crippen LogP contribution is 2.40. The van der Waals surface area contributed by atoms with Gasteiger partial charge in [-0.2, -0.15) is 0 Å². The number of halogens is 3. The zero-order chi connectivity index (χ0) is 12.6. The number of nitrogens with one attached hydrogen (secondary N) is 1. The van der Waals surface area contributed by atoms with E-state index in [1.165, 1.54) is 12.1 Å². The van der Waals surface area contributed by atoms with E-state index in [-0.39, 0.29) is 19.0 Å². The van der Waals surface area contributed by atoms with E-state index >= 15 is 0 Å². The Labute approximate surface area is 116 Å². The second kappa shape index (κ2) is 5.33. The quantitative estimate of drug-likeness (QED) is 0.857. The molecular weight excluding hydrogens is 280 g/mol. The third-order valence-electron chi connectivity index (χ3n) is 2.91. The Bertz CT molecular complexity index is 445. The molecule has 1 aliphatic heterocycles. The van der Waals surface area contributed by atoms with Crippen molar-refractivity contribution < 1.29 is 13.9 Å². The van der Waals surface area contributed by atoms with Crippen LogP contribution in [-0.2, 0) is 4.74 Å². The van der Waals surface area contributed by atoms with Crippen molar-refractivity contribution in [1.82, 2.24) is 5.32 Å². The first-order valence-corrected chi connectivity index (χ1v) is 5.67. The third kappa shape index (κ3) is 2.70. The summed E-state index contributed by atoms with van der Waals surface area (Å²) in [6.07, 6.45) is -0.548. The second-order valence-corrected chi connectivity index (χ2v) is 5.18. The molecule has 1 fully saturated rings. The van der Waals surface area contributed by atoms with Crippen LogP contribution in [0.2, 0.25) is 5.02 Å². The summed E-state index contributed by atoms with van der Waals surface area (Å²) in [6, 6.07) is 3.99. The predicted octanol–water partition coefficient (Wildman–Crippen LogP) is 3.71. The minimum Gasteiger partial charge on any atom is -0.449 e. The Kier molecular flexibility index (Phi) is 4.46. The number of ether oxygens (including phenoxy) is 1. The Balaban J connectivity index is 0.00000162. The number of hydrogen-bond acceptors (Lipinski definition) is 2. The summed E-state index contributed by atoms with van der Waals surface area (Å²) in [5.41, 5.74) is -0.101. The molecule has 0 saturated carbocycles. The van der Waals surface area contributed by atoms with Crippen molar-refractivity contribution in [1.29, 1.82) is 0 Å². The number of cyclic esters (lactones) is 1. The topological polar surface area (TPSA) is 38.3 Å². The summed E-state index contributed by atoms with van der Waals surface area (Å²) >= 11 is 6.01. The minimum absolute atomic E-state index is 0. The highest BCUT2D eigenvalue weighted by molar-refractivity contribution is 6.31. The van der Waals surface area contributed by atoms with Crippen LogP contribution in [-0.4, -0.2) is 12.7 Å². The van der Waals surface area contributed by atoms with E-state index in [4.69, 9.17) is 16.3 Å². The van der Waals surface area contributed by atoms with Gasteiger partial charge in [0.2, 0.25) is 0 Å². The van der Waals surface area contributed by atoms with Gasteiger partial charge in [-0.25, -0.2) is 9.18 Å². The van der Waals surface area contributed by atoms with E-state index in [0.29, 0.717) is 10.6 Å². The zero-order valence-electron chi connectivity index (χ0n) is 10.00. The molecule has 1 aromatic carbocycles. The molecule has 0 radical (unpaired) electrons. The smallest absolute Gasteiger partial charge is 0.407 e. The van der Waals surface area contributed by atoms with Crippen molar-refractivity contribution >= 4 is 30.1 Å². The molecule has 3 nitrogen and oxygen atoms in total. The Morgan fingerprint density at radius 2 is 2.17 bits per heavy atom. The molecule has 2 rings (SSSR count). The lowest BCUT2D eigenvalue weighted by Gasteiger charge is -2.38. The van der Waals surface area contributed by atoms with E-state index in [0.717, 1.165) is 0 Å². The molecule has 1 aromatic rings. The lowest BCUT2D eigenvalue weighted by atomic mass is 9.80. The average molecular weight is 294 g/mol. The van der Waals surface area contributed by atoms with Gasteiger partial charge in [0.1, 0.15) is 12.4 Å². The number of carbonyl (C=O) groups is 1. The number of carbonyl (C=O) groups excluding carboxylic acids is 1. The first-order chi connectivity index (χ1) is 7.92. The van der Waals surface area contributed by atoms with Crippen LogP contribution in [0, 0.1) is 11.2 Å². The van der Waals surface area contributed by atoms with Gasteiger partial charge < -0.3 is 10.1 Å². The molecule has 1 heterocycles. The van der Waals surface area contributed by atoms with E-state index in [1.807, 2.05) is 13.8 Å². The largest absolute Gasteiger partial charge is 0.449 e. The molecule has 1 aliphatic rings. The fourth-order valence-corrected chi connectivity index (χ4v) is 2.21. The van der Waals surface area contributed by atoms with Crippen LogP contribution >= 0.6 is 24.0 Å². The maximum absolute atomic E-state index is 13.8. The fraction of sp³-hybridized carbons (Fsp3) is 0.417. The molecule has 1 N–H and O–H groups in total. The Morgan fingerprint density at radius 3 is 2.78 bits per heavy atom. The zero-order valence-corrected chi connectivity index (χ0v) is 11.6. The molecule has 1 saturated heterocycles. The molecule has 0 bridgehead atoms. The van der Waals surface area contributed by atoms with Crippen LogP contribution in [0.5, 0.6) is 0 Å². The number of benzene rings is 1. The minimum atomic E-state index is -0.548. The normalized spacial score (nSPS) is 21.6. The van der Waals surface area contributed by atoms with Gasteiger partial charge in [0.25, 0.3) is 0 Å². The highest BCUT2D eigenvalue weighted by atomic mass is 35.5. The number of alkyl carbamates (subject to hydrolysis) is 1. The lowest BCUT2D eigenvalue weighted by molar-refractivity contribution is 0.0378. The SMILES string of the molecule is CC1(C)COC(=O)N[C@@H]1c1c(F)cccc1Cl.Cl. The van der Waals surface area contributed by atoms with Crippen LogP contribution in [0.15, 0.2) is 18.2 Å². The van der Waals surface area contributed by atoms with Crippen LogP contribution < -0.4 is 5.32 Å². The standard InChI is InChI=1S/C12H13ClFNO2.ClH/c1-12(2)6-17-11(16)15-10(12)9-7(13)4-3-5-8(9)14;/h3-5,10H,6H2,1-2H3,(H,15,16);1H/t10-;/m1./s1. The van der Waals surface area contributed by atoms with Gasteiger partial charge in [0.05, 0.1) is 6.04 Å². The summed E-state index contributed by atoms with van der Waals surface area (Å²) in [4.78, 5) is 11.3. The maximum atomic E-state index is 13.8. The lowest BCUT2D eigenvalue weighted by Crippen LogP contribution is -2.47. The van der Waals surface area contributed by atoms with Gasteiger partial charge in [0.15, 0.2) is 0 Å². The maximum Gasteiger partial charge on any atom is 0.407 e. The van der Waals surface area contributed by atoms with Gasteiger partial charge in [-0.15, -0.1) is 12.4 Å². The van der Waals surface area contributed by atoms with Crippen molar-refractivity contribution in [3.63, 3.8) is 0 Å². The highest BCUT2D eigenvalue weighted by Gasteiger charge is 2.40. The summed E-state index contributed by atoms with van der Waals surface area (Å²) in [7, 11) is 0. The van der Waals surface area contributed by atoms with Gasteiger partial charge >= 0.3 is 6.09 Å². The predicted molar refractivity (Wildman–Crippen MR) is 69.7 cm³/mol. The van der Waals surface area contributed by atoms with Crippen molar-refractivity contribution in [2.75, 3.05) is 6.61 Å². The van der Waals surface area contributed by atoms with Gasteiger partial charge in [-0.3, -0.25) is 0 Å². The first kappa shape index (κ1) is 15.1. The first-order valence-electron chi connectivity index (χ1n) is 5.29. The van der Waals surface area contributed by atoms with E-state index in [1.54, 1.807) is 6.07 Å². The molecule has 0 spiro atoms. The van der Waals surface area contributed by atoms with Crippen molar-refractivity contribution in [2.24, 2.45) is 5.41 Å². The van der Waals surface area contributed by atoms with Crippen molar-refractivity contribution in [3.8, 4) is 0 Å². The second-order valence-electron chi connectivity index (χ2n) is 4.78. The van der Waals surface area contributed by atoms with Crippen molar-refractivity contribution in [2.45, 2.75) is 19.9 Å². The average Bonchev–Trinajstić information content (AvgIpc) is 2.23. The summed E-state index contributed by atoms with van der Waals surface area (Å²) in [5, 5.41) is 2.93. The van der Waals surface area contributed by atoms with Crippen LogP contribution in [0.3, 0.4) is 0 Å². The number of amides is 1. The molecule has 0 aliphatic carbocycles. The summed E-state index contributed by atoms with van der Waals surface area (Å²) < 4.78 is 18.7. The summed E-state index contributed by atoms with van der Waals surface area (Å²) in [5.74, 6) is -0.419. The Morgan fingerprint density at radius 1 is 1.50 bits per heavy atom. The third-order valence-corrected chi connectivity index (χ3v) is 3.24. The fourth-order valence-electron chi connectivity index (χ4n) is 1.94. The summed E-state index contributed by atoms with van der Waals surface area (Å²) in [6.45, 7) is 4.01. The van der Waals surface area contributed by atoms with E-state index in [2.05, 4.69) is 5.32 Å². The molecule has 18 heavy (non-hydrogen) atoms. The van der Waals surface area contributed by atoms with Crippen molar-refractivity contribution in [3.05, 3.63) is 34.6 Å². The molecule has 0 unspecified atom stereocenters.